The first-order chi connectivity index (χ1) is 8.47. The molecule has 1 aliphatic rings. The van der Waals surface area contributed by atoms with Gasteiger partial charge in [-0.2, -0.15) is 13.2 Å². The van der Waals surface area contributed by atoms with E-state index in [4.69, 9.17) is 0 Å². The summed E-state index contributed by atoms with van der Waals surface area (Å²) < 4.78 is 38.0. The van der Waals surface area contributed by atoms with E-state index in [1.165, 1.54) is 0 Å². The molecule has 1 heterocycles. The summed E-state index contributed by atoms with van der Waals surface area (Å²) >= 11 is 0. The molecule has 1 N–H and O–H groups in total. The minimum atomic E-state index is -4.05. The molecule has 102 valence electrons. The number of aryl methyl sites for hydroxylation is 1. The maximum Gasteiger partial charge on any atom is 0.389 e. The lowest BCUT2D eigenvalue weighted by atomic mass is 9.95. The molecular formula is C13H18F3NO. The second-order valence-corrected chi connectivity index (χ2v) is 4.89. The Morgan fingerprint density at radius 1 is 1.33 bits per heavy atom. The van der Waals surface area contributed by atoms with Gasteiger partial charge in [-0.25, -0.2) is 0 Å². The lowest BCUT2D eigenvalue weighted by Gasteiger charge is -2.20. The number of rotatable bonds is 4. The zero-order chi connectivity index (χ0) is 13.2. The van der Waals surface area contributed by atoms with E-state index >= 15 is 0 Å². The van der Waals surface area contributed by atoms with Crippen LogP contribution in [-0.2, 0) is 13.0 Å². The lowest BCUT2D eigenvalue weighted by Crippen LogP contribution is -2.12. The molecule has 5 heteroatoms. The highest BCUT2D eigenvalue weighted by molar-refractivity contribution is 5.27. The third kappa shape index (κ3) is 3.28. The van der Waals surface area contributed by atoms with E-state index in [1.54, 1.807) is 0 Å². The van der Waals surface area contributed by atoms with Crippen molar-refractivity contribution in [1.29, 1.82) is 0 Å². The normalized spacial score (nSPS) is 19.9. The molecule has 0 saturated heterocycles. The van der Waals surface area contributed by atoms with Crippen LogP contribution in [0.1, 0.15) is 49.5 Å². The minimum Gasteiger partial charge on any atom is -0.388 e. The van der Waals surface area contributed by atoms with Crippen molar-refractivity contribution in [2.24, 2.45) is 0 Å². The third-order valence-corrected chi connectivity index (χ3v) is 3.47. The maximum absolute atomic E-state index is 12.0. The average Bonchev–Trinajstić information content (AvgIpc) is 2.68. The molecule has 2 nitrogen and oxygen atoms in total. The molecule has 1 aromatic rings. The highest BCUT2D eigenvalue weighted by Gasteiger charge is 2.26. The largest absolute Gasteiger partial charge is 0.389 e. The molecule has 0 bridgehead atoms. The smallest absolute Gasteiger partial charge is 0.388 e. The van der Waals surface area contributed by atoms with Crippen molar-refractivity contribution in [2.45, 2.75) is 57.3 Å². The summed E-state index contributed by atoms with van der Waals surface area (Å²) in [6.07, 6.45) is 0.0588. The summed E-state index contributed by atoms with van der Waals surface area (Å²) in [5, 5.41) is 9.79. The van der Waals surface area contributed by atoms with Crippen LogP contribution in [-0.4, -0.2) is 15.8 Å². The van der Waals surface area contributed by atoms with Crippen LogP contribution in [0.5, 0.6) is 0 Å². The summed E-state index contributed by atoms with van der Waals surface area (Å²) in [5.41, 5.74) is 2.05. The first kappa shape index (κ1) is 13.5. The zero-order valence-corrected chi connectivity index (χ0v) is 10.2. The van der Waals surface area contributed by atoms with E-state index in [1.807, 2.05) is 16.8 Å². The van der Waals surface area contributed by atoms with Gasteiger partial charge in [0, 0.05) is 30.4 Å². The predicted octanol–water partition coefficient (Wildman–Crippen LogP) is 3.59. The van der Waals surface area contributed by atoms with Crippen molar-refractivity contribution >= 4 is 0 Å². The molecule has 1 aliphatic carbocycles. The van der Waals surface area contributed by atoms with Crippen LogP contribution in [0.25, 0.3) is 0 Å². The van der Waals surface area contributed by atoms with Crippen molar-refractivity contribution in [3.8, 4) is 0 Å². The van der Waals surface area contributed by atoms with Gasteiger partial charge in [-0.1, -0.05) is 0 Å². The molecule has 0 radical (unpaired) electrons. The van der Waals surface area contributed by atoms with Gasteiger partial charge in [-0.05, 0) is 38.2 Å². The van der Waals surface area contributed by atoms with Crippen molar-refractivity contribution < 1.29 is 18.3 Å². The van der Waals surface area contributed by atoms with Crippen LogP contribution < -0.4 is 0 Å². The molecule has 0 aromatic carbocycles. The number of aromatic nitrogens is 1. The van der Waals surface area contributed by atoms with Gasteiger partial charge in [-0.3, -0.25) is 0 Å². The van der Waals surface area contributed by atoms with E-state index < -0.39 is 18.7 Å². The van der Waals surface area contributed by atoms with Crippen LogP contribution in [0.4, 0.5) is 13.2 Å². The topological polar surface area (TPSA) is 25.2 Å². The fourth-order valence-corrected chi connectivity index (χ4v) is 2.55. The van der Waals surface area contributed by atoms with E-state index in [2.05, 4.69) is 0 Å². The molecule has 2 rings (SSSR count). The van der Waals surface area contributed by atoms with Gasteiger partial charge in [-0.15, -0.1) is 0 Å². The summed E-state index contributed by atoms with van der Waals surface area (Å²) in [6, 6.07) is 1.89. The van der Waals surface area contributed by atoms with Gasteiger partial charge in [0.15, 0.2) is 0 Å². The molecule has 0 fully saturated rings. The fourth-order valence-electron chi connectivity index (χ4n) is 2.55. The van der Waals surface area contributed by atoms with Crippen LogP contribution in [0.3, 0.4) is 0 Å². The van der Waals surface area contributed by atoms with Gasteiger partial charge < -0.3 is 9.67 Å². The summed E-state index contributed by atoms with van der Waals surface area (Å²) in [5.74, 6) is 0. The minimum absolute atomic E-state index is 0.166. The first-order valence-corrected chi connectivity index (χ1v) is 6.40. The summed E-state index contributed by atoms with van der Waals surface area (Å²) in [7, 11) is 0. The second kappa shape index (κ2) is 5.34. The number of fused-ring (bicyclic) bond motifs is 1. The number of aliphatic hydroxyl groups excluding tert-OH is 1. The highest BCUT2D eigenvalue weighted by Crippen LogP contribution is 2.30. The number of hydrogen-bond acceptors (Lipinski definition) is 1. The predicted molar refractivity (Wildman–Crippen MR) is 62.2 cm³/mol. The third-order valence-electron chi connectivity index (χ3n) is 3.47. The Bertz CT molecular complexity index is 397. The van der Waals surface area contributed by atoms with Crippen LogP contribution >= 0.6 is 0 Å². The number of nitrogens with zero attached hydrogens (tertiary/aromatic N) is 1. The maximum atomic E-state index is 12.0. The summed E-state index contributed by atoms with van der Waals surface area (Å²) in [4.78, 5) is 0. The van der Waals surface area contributed by atoms with Crippen molar-refractivity contribution in [3.63, 3.8) is 0 Å². The van der Waals surface area contributed by atoms with Gasteiger partial charge in [0.2, 0.25) is 0 Å². The number of alkyl halides is 3. The van der Waals surface area contributed by atoms with Gasteiger partial charge >= 0.3 is 6.18 Å². The summed E-state index contributed by atoms with van der Waals surface area (Å²) in [6.45, 7) is 0.609. The van der Waals surface area contributed by atoms with Crippen LogP contribution in [0.2, 0.25) is 0 Å². The number of halogens is 3. The van der Waals surface area contributed by atoms with Crippen molar-refractivity contribution in [2.75, 3.05) is 0 Å². The standard InChI is InChI=1S/C13H18F3NO/c14-13(15,16)7-1-2-8-17-9-6-10-11(17)4-3-5-12(10)18/h6,9,12,18H,1-5,7-8H2. The van der Waals surface area contributed by atoms with E-state index in [0.717, 1.165) is 30.5 Å². The Labute approximate surface area is 104 Å². The molecule has 0 saturated carbocycles. The quantitative estimate of drug-likeness (QED) is 0.823. The van der Waals surface area contributed by atoms with Gasteiger partial charge in [0.25, 0.3) is 0 Å². The van der Waals surface area contributed by atoms with Gasteiger partial charge in [0.05, 0.1) is 6.10 Å². The molecule has 0 spiro atoms. The molecular weight excluding hydrogens is 243 g/mol. The van der Waals surface area contributed by atoms with Crippen molar-refractivity contribution in [1.82, 2.24) is 4.57 Å². The Morgan fingerprint density at radius 2 is 2.11 bits per heavy atom. The highest BCUT2D eigenvalue weighted by atomic mass is 19.4. The monoisotopic (exact) mass is 261 g/mol. The number of aliphatic hydroxyl groups is 1. The van der Waals surface area contributed by atoms with Crippen LogP contribution in [0.15, 0.2) is 12.3 Å². The number of unbranched alkanes of at least 4 members (excludes halogenated alkanes) is 1. The SMILES string of the molecule is OC1CCCc2c1ccn2CCCCC(F)(F)F. The lowest BCUT2D eigenvalue weighted by molar-refractivity contribution is -0.135. The Balaban J connectivity index is 1.87. The Morgan fingerprint density at radius 3 is 2.83 bits per heavy atom. The average molecular weight is 261 g/mol. The first-order valence-electron chi connectivity index (χ1n) is 6.40. The Kier molecular flexibility index (Phi) is 4.00. The molecule has 1 atom stereocenters. The fraction of sp³-hybridized carbons (Fsp3) is 0.692. The molecule has 18 heavy (non-hydrogen) atoms. The van der Waals surface area contributed by atoms with E-state index in [9.17, 15) is 18.3 Å². The van der Waals surface area contributed by atoms with E-state index in [0.29, 0.717) is 13.0 Å². The van der Waals surface area contributed by atoms with Crippen LogP contribution in [0, 0.1) is 0 Å². The Hall–Kier alpha value is -0.970. The molecule has 1 unspecified atom stereocenters. The van der Waals surface area contributed by atoms with Crippen molar-refractivity contribution in [3.05, 3.63) is 23.5 Å². The molecule has 1 aromatic heterocycles. The van der Waals surface area contributed by atoms with E-state index in [-0.39, 0.29) is 6.42 Å². The zero-order valence-electron chi connectivity index (χ0n) is 10.2. The second-order valence-electron chi connectivity index (χ2n) is 4.89. The number of hydrogen-bond donors (Lipinski definition) is 1. The molecule has 0 amide bonds. The molecule has 0 aliphatic heterocycles. The van der Waals surface area contributed by atoms with Gasteiger partial charge in [0.1, 0.15) is 0 Å².